The molecule has 1 atom stereocenters. The molecule has 0 saturated heterocycles. The molecule has 2 aromatic carbocycles. The molecule has 1 aliphatic rings. The van der Waals surface area contributed by atoms with E-state index in [9.17, 15) is 9.59 Å². The molecule has 0 radical (unpaired) electrons. The quantitative estimate of drug-likeness (QED) is 0.712. The van der Waals surface area contributed by atoms with Crippen molar-refractivity contribution >= 4 is 24.9 Å². The second kappa shape index (κ2) is 7.39. The van der Waals surface area contributed by atoms with Gasteiger partial charge in [-0.15, -0.1) is 0 Å². The van der Waals surface area contributed by atoms with E-state index in [2.05, 4.69) is 5.32 Å². The fourth-order valence-electron chi connectivity index (χ4n) is 3.84. The first-order valence-electron chi connectivity index (χ1n) is 9.33. The van der Waals surface area contributed by atoms with Crippen LogP contribution in [-0.2, 0) is 6.42 Å². The molecular weight excluding hydrogens is 351 g/mol. The SMILES string of the molecule is Bc1ccc(NC(=O)c2cccn(C3CCc4c(OC)cccc43)c2=O)cc1. The molecule has 1 aliphatic carbocycles. The standard InChI is InChI=1S/C22H21BN2O3/c1-28-20-6-2-4-16-17(20)11-12-19(16)25-13-3-5-18(22(25)27)21(26)24-15-9-7-14(23)8-10-15/h2-10,13,19H,11-12,23H2,1H3,(H,24,26). The van der Waals surface area contributed by atoms with E-state index in [1.54, 1.807) is 30.0 Å². The molecule has 1 unspecified atom stereocenters. The van der Waals surface area contributed by atoms with Gasteiger partial charge in [-0.2, -0.15) is 0 Å². The zero-order chi connectivity index (χ0) is 19.7. The van der Waals surface area contributed by atoms with E-state index in [4.69, 9.17) is 4.74 Å². The number of hydrogen-bond donors (Lipinski definition) is 1. The van der Waals surface area contributed by atoms with Crippen molar-refractivity contribution in [3.63, 3.8) is 0 Å². The minimum Gasteiger partial charge on any atom is -0.496 e. The molecule has 1 aromatic heterocycles. The Hall–Kier alpha value is -3.28. The van der Waals surface area contributed by atoms with Gasteiger partial charge in [0.05, 0.1) is 13.2 Å². The molecule has 1 N–H and O–H groups in total. The lowest BCUT2D eigenvalue weighted by molar-refractivity contribution is 0.102. The number of carbonyl (C=O) groups is 1. The summed E-state index contributed by atoms with van der Waals surface area (Å²) in [6.45, 7) is 0. The van der Waals surface area contributed by atoms with Crippen molar-refractivity contribution < 1.29 is 9.53 Å². The first-order chi connectivity index (χ1) is 13.6. The third-order valence-electron chi connectivity index (χ3n) is 5.28. The molecule has 4 rings (SSSR count). The zero-order valence-corrected chi connectivity index (χ0v) is 15.9. The highest BCUT2D eigenvalue weighted by Gasteiger charge is 2.28. The second-order valence-electron chi connectivity index (χ2n) is 7.04. The van der Waals surface area contributed by atoms with Crippen LogP contribution in [0.5, 0.6) is 5.75 Å². The van der Waals surface area contributed by atoms with Crippen LogP contribution in [0.1, 0.15) is 33.9 Å². The Morgan fingerprint density at radius 2 is 1.93 bits per heavy atom. The minimum absolute atomic E-state index is 0.0928. The van der Waals surface area contributed by atoms with E-state index in [-0.39, 0.29) is 17.2 Å². The predicted molar refractivity (Wildman–Crippen MR) is 113 cm³/mol. The third-order valence-corrected chi connectivity index (χ3v) is 5.28. The van der Waals surface area contributed by atoms with E-state index in [0.717, 1.165) is 35.2 Å². The normalized spacial score (nSPS) is 15.1. The van der Waals surface area contributed by atoms with Gasteiger partial charge < -0.3 is 14.6 Å². The van der Waals surface area contributed by atoms with Crippen LogP contribution in [0.4, 0.5) is 5.69 Å². The summed E-state index contributed by atoms with van der Waals surface area (Å²) in [5.41, 5.74) is 3.85. The van der Waals surface area contributed by atoms with Gasteiger partial charge in [-0.25, -0.2) is 0 Å². The molecular formula is C22H21BN2O3. The van der Waals surface area contributed by atoms with Gasteiger partial charge in [0, 0.05) is 11.9 Å². The Morgan fingerprint density at radius 1 is 1.14 bits per heavy atom. The number of anilines is 1. The first kappa shape index (κ1) is 18.1. The molecule has 0 saturated carbocycles. The minimum atomic E-state index is -0.396. The van der Waals surface area contributed by atoms with Crippen molar-refractivity contribution in [3.05, 3.63) is 87.8 Å². The number of aromatic nitrogens is 1. The molecule has 1 heterocycles. The van der Waals surface area contributed by atoms with Crippen LogP contribution in [0.2, 0.25) is 0 Å². The Labute approximate surface area is 164 Å². The monoisotopic (exact) mass is 372 g/mol. The first-order valence-corrected chi connectivity index (χ1v) is 9.33. The number of nitrogens with one attached hydrogen (secondary N) is 1. The van der Waals surface area contributed by atoms with Crippen LogP contribution < -0.4 is 21.1 Å². The Bertz CT molecular complexity index is 1090. The number of benzene rings is 2. The number of pyridine rings is 1. The predicted octanol–water partition coefficient (Wildman–Crippen LogP) is 1.90. The summed E-state index contributed by atoms with van der Waals surface area (Å²) in [6.07, 6.45) is 3.40. The molecule has 28 heavy (non-hydrogen) atoms. The van der Waals surface area contributed by atoms with E-state index in [0.29, 0.717) is 5.69 Å². The van der Waals surface area contributed by atoms with Crippen LogP contribution in [-0.4, -0.2) is 25.4 Å². The van der Waals surface area contributed by atoms with Crippen LogP contribution >= 0.6 is 0 Å². The Kier molecular flexibility index (Phi) is 4.78. The van der Waals surface area contributed by atoms with Gasteiger partial charge in [0.1, 0.15) is 19.2 Å². The van der Waals surface area contributed by atoms with Crippen LogP contribution in [0.15, 0.2) is 65.6 Å². The summed E-state index contributed by atoms with van der Waals surface area (Å²) in [7, 11) is 3.64. The highest BCUT2D eigenvalue weighted by molar-refractivity contribution is 6.32. The van der Waals surface area contributed by atoms with E-state index in [1.807, 2.05) is 50.3 Å². The number of hydrogen-bond acceptors (Lipinski definition) is 3. The largest absolute Gasteiger partial charge is 0.496 e. The fraction of sp³-hybridized carbons (Fsp3) is 0.182. The molecule has 6 heteroatoms. The van der Waals surface area contributed by atoms with E-state index < -0.39 is 5.91 Å². The number of methoxy groups -OCH3 is 1. The molecule has 140 valence electrons. The van der Waals surface area contributed by atoms with Gasteiger partial charge in [0.15, 0.2) is 0 Å². The summed E-state index contributed by atoms with van der Waals surface area (Å²) >= 11 is 0. The highest BCUT2D eigenvalue weighted by Crippen LogP contribution is 2.38. The van der Waals surface area contributed by atoms with Crippen LogP contribution in [0.3, 0.4) is 0 Å². The summed E-state index contributed by atoms with van der Waals surface area (Å²) in [6, 6.07) is 16.6. The van der Waals surface area contributed by atoms with Crippen molar-refractivity contribution in [2.24, 2.45) is 0 Å². The van der Waals surface area contributed by atoms with Crippen LogP contribution in [0.25, 0.3) is 0 Å². The van der Waals surface area contributed by atoms with Gasteiger partial charge in [0.2, 0.25) is 0 Å². The van der Waals surface area contributed by atoms with E-state index in [1.165, 1.54) is 0 Å². The van der Waals surface area contributed by atoms with E-state index >= 15 is 0 Å². The van der Waals surface area contributed by atoms with Crippen molar-refractivity contribution in [2.45, 2.75) is 18.9 Å². The lowest BCUT2D eigenvalue weighted by atomic mass is 9.96. The number of ether oxygens (including phenoxy) is 1. The average molecular weight is 372 g/mol. The number of amides is 1. The highest BCUT2D eigenvalue weighted by atomic mass is 16.5. The third kappa shape index (κ3) is 3.22. The average Bonchev–Trinajstić information content (AvgIpc) is 3.14. The molecule has 1 amide bonds. The smallest absolute Gasteiger partial charge is 0.263 e. The lowest BCUT2D eigenvalue weighted by Gasteiger charge is -2.17. The van der Waals surface area contributed by atoms with Crippen molar-refractivity contribution in [2.75, 3.05) is 12.4 Å². The molecule has 0 aliphatic heterocycles. The summed E-state index contributed by atoms with van der Waals surface area (Å²) in [4.78, 5) is 25.8. The summed E-state index contributed by atoms with van der Waals surface area (Å²) < 4.78 is 7.12. The molecule has 5 nitrogen and oxygen atoms in total. The number of nitrogens with zero attached hydrogens (tertiary/aromatic N) is 1. The van der Waals surface area contributed by atoms with Gasteiger partial charge in [0.25, 0.3) is 11.5 Å². The van der Waals surface area contributed by atoms with Crippen LogP contribution in [0, 0.1) is 0 Å². The molecule has 3 aromatic rings. The number of rotatable bonds is 4. The topological polar surface area (TPSA) is 60.3 Å². The Morgan fingerprint density at radius 3 is 2.68 bits per heavy atom. The Balaban J connectivity index is 1.66. The maximum Gasteiger partial charge on any atom is 0.263 e. The van der Waals surface area contributed by atoms with Crippen molar-refractivity contribution in [1.29, 1.82) is 0 Å². The molecule has 0 bridgehead atoms. The van der Waals surface area contributed by atoms with Crippen molar-refractivity contribution in [1.82, 2.24) is 4.57 Å². The fourth-order valence-corrected chi connectivity index (χ4v) is 3.84. The molecule has 0 spiro atoms. The number of carbonyl (C=O) groups excluding carboxylic acids is 1. The van der Waals surface area contributed by atoms with Crippen molar-refractivity contribution in [3.8, 4) is 5.75 Å². The lowest BCUT2D eigenvalue weighted by Crippen LogP contribution is -2.31. The maximum atomic E-state index is 13.1. The summed E-state index contributed by atoms with van der Waals surface area (Å²) in [5, 5.41) is 2.81. The second-order valence-corrected chi connectivity index (χ2v) is 7.04. The van der Waals surface area contributed by atoms with Gasteiger partial charge in [-0.1, -0.05) is 29.7 Å². The number of fused-ring (bicyclic) bond motifs is 1. The van der Waals surface area contributed by atoms with Gasteiger partial charge in [-0.05, 0) is 54.3 Å². The zero-order valence-electron chi connectivity index (χ0n) is 15.9. The summed E-state index contributed by atoms with van der Waals surface area (Å²) in [5.74, 6) is 0.452. The van der Waals surface area contributed by atoms with Gasteiger partial charge >= 0.3 is 0 Å². The molecule has 0 fully saturated rings. The maximum absolute atomic E-state index is 13.1. The van der Waals surface area contributed by atoms with Gasteiger partial charge in [-0.3, -0.25) is 9.59 Å².